The minimum Gasteiger partial charge on any atom is -0.223 e. The fourth-order valence-electron chi connectivity index (χ4n) is 0.776. The molecule has 0 aliphatic carbocycles. The van der Waals surface area contributed by atoms with E-state index in [1.165, 1.54) is 0 Å². The summed E-state index contributed by atoms with van der Waals surface area (Å²) in [6.45, 7) is 0. The van der Waals surface area contributed by atoms with Crippen molar-refractivity contribution in [3.63, 3.8) is 0 Å². The zero-order valence-corrected chi connectivity index (χ0v) is 9.86. The van der Waals surface area contributed by atoms with Gasteiger partial charge in [-0.1, -0.05) is 15.9 Å². The lowest BCUT2D eigenvalue weighted by Crippen LogP contribution is -2.33. The molecule has 0 fully saturated rings. The lowest BCUT2D eigenvalue weighted by atomic mass is 10.3. The van der Waals surface area contributed by atoms with E-state index in [9.17, 15) is 10.1 Å². The average Bonchev–Trinajstić information content (AvgIpc) is 2.01. The highest BCUT2D eigenvalue weighted by molar-refractivity contribution is 9.11. The Morgan fingerprint density at radius 1 is 1.50 bits per heavy atom. The predicted molar refractivity (Wildman–Crippen MR) is 56.6 cm³/mol. The molecule has 0 aliphatic rings. The van der Waals surface area contributed by atoms with Crippen LogP contribution in [0.15, 0.2) is 27.1 Å². The van der Waals surface area contributed by atoms with Crippen molar-refractivity contribution in [2.45, 2.75) is 0 Å². The van der Waals surface area contributed by atoms with Gasteiger partial charge in [0.15, 0.2) is 0 Å². The molecule has 0 radical (unpaired) electrons. The van der Waals surface area contributed by atoms with Gasteiger partial charge < -0.3 is 0 Å². The number of hydrogen-bond donors (Lipinski definition) is 1. The lowest BCUT2D eigenvalue weighted by molar-refractivity contribution is -0.762. The molecule has 0 aliphatic heterocycles. The smallest absolute Gasteiger partial charge is 0.223 e. The molecule has 0 amide bonds. The Kier molecular flexibility index (Phi) is 3.67. The van der Waals surface area contributed by atoms with Crippen molar-refractivity contribution in [3.05, 3.63) is 37.3 Å². The van der Waals surface area contributed by atoms with Gasteiger partial charge in [0, 0.05) is 8.95 Å². The number of nitrogens with two attached hydrogens (primary N) is 1. The van der Waals surface area contributed by atoms with E-state index in [1.54, 1.807) is 18.2 Å². The van der Waals surface area contributed by atoms with E-state index in [-0.39, 0.29) is 0 Å². The average molecular weight is 327 g/mol. The van der Waals surface area contributed by atoms with Crippen LogP contribution in [0.4, 0.5) is 5.69 Å². The first-order valence-corrected chi connectivity index (χ1v) is 4.91. The van der Waals surface area contributed by atoms with Crippen LogP contribution < -0.4 is 11.0 Å². The molecular weight excluding hydrogens is 322 g/mol. The number of nitrogens with zero attached hydrogens (tertiary/aromatic N) is 2. The van der Waals surface area contributed by atoms with Crippen molar-refractivity contribution in [1.29, 1.82) is 0 Å². The van der Waals surface area contributed by atoms with Gasteiger partial charge >= 0.3 is 5.09 Å². The molecule has 8 heteroatoms. The summed E-state index contributed by atoms with van der Waals surface area (Å²) >= 11 is 6.42. The van der Waals surface area contributed by atoms with Crippen molar-refractivity contribution in [1.82, 2.24) is 0 Å². The van der Waals surface area contributed by atoms with Crippen molar-refractivity contribution in [2.75, 3.05) is 5.17 Å². The highest BCUT2D eigenvalue weighted by Gasteiger charge is 2.10. The molecule has 0 saturated carbocycles. The van der Waals surface area contributed by atoms with Crippen LogP contribution in [0, 0.1) is 10.1 Å². The van der Waals surface area contributed by atoms with E-state index in [0.717, 1.165) is 4.47 Å². The summed E-state index contributed by atoms with van der Waals surface area (Å²) < 4.78 is 1.40. The second-order valence-electron chi connectivity index (χ2n) is 2.23. The fraction of sp³-hybridized carbons (Fsp3) is 0. The number of rotatable bonds is 3. The van der Waals surface area contributed by atoms with Crippen molar-refractivity contribution < 1.29 is 10.0 Å². The quantitative estimate of drug-likeness (QED) is 0.522. The van der Waals surface area contributed by atoms with Gasteiger partial charge in [-0.05, 0) is 34.1 Å². The van der Waals surface area contributed by atoms with Crippen LogP contribution >= 0.6 is 31.9 Å². The summed E-state index contributed by atoms with van der Waals surface area (Å²) in [6, 6.07) is 4.94. The number of hydrazine groups is 1. The summed E-state index contributed by atoms with van der Waals surface area (Å²) in [4.78, 5) is 14.0. The third kappa shape index (κ3) is 2.82. The Morgan fingerprint density at radius 2 is 2.14 bits per heavy atom. The highest BCUT2D eigenvalue weighted by Crippen LogP contribution is 2.27. The van der Waals surface area contributed by atoms with Crippen LogP contribution in [-0.4, -0.2) is 5.09 Å². The minimum atomic E-state index is -0.992. The molecule has 1 aromatic rings. The Bertz CT molecular complexity index is 360. The first kappa shape index (κ1) is 11.2. The molecule has 0 bridgehead atoms. The maximum atomic E-state index is 10.00. The molecule has 0 atom stereocenters. The van der Waals surface area contributed by atoms with Crippen LogP contribution in [0.2, 0.25) is 0 Å². The van der Waals surface area contributed by atoms with Crippen molar-refractivity contribution >= 4 is 37.5 Å². The van der Waals surface area contributed by atoms with Crippen LogP contribution in [0.25, 0.3) is 0 Å². The Labute approximate surface area is 95.9 Å². The van der Waals surface area contributed by atoms with Gasteiger partial charge in [-0.2, -0.15) is 4.94 Å². The molecule has 76 valence electrons. The summed E-state index contributed by atoms with van der Waals surface area (Å²) in [5, 5.41) is 9.57. The molecule has 1 rings (SSSR count). The van der Waals surface area contributed by atoms with Gasteiger partial charge in [0.25, 0.3) is 0 Å². The molecular formula is C6H5Br2N3O3. The number of hydrogen-bond acceptors (Lipinski definition) is 5. The zero-order valence-electron chi connectivity index (χ0n) is 6.68. The SMILES string of the molecule is NN(O[N+](=O)[O-])c1ccc(Br)cc1Br. The van der Waals surface area contributed by atoms with Crippen LogP contribution in [-0.2, 0) is 4.94 Å². The highest BCUT2D eigenvalue weighted by atomic mass is 79.9. The van der Waals surface area contributed by atoms with E-state index in [0.29, 0.717) is 15.3 Å². The molecule has 0 aromatic heterocycles. The van der Waals surface area contributed by atoms with E-state index >= 15 is 0 Å². The van der Waals surface area contributed by atoms with Crippen molar-refractivity contribution in [2.24, 2.45) is 5.84 Å². The van der Waals surface area contributed by atoms with Gasteiger partial charge in [-0.3, -0.25) is 0 Å². The van der Waals surface area contributed by atoms with Gasteiger partial charge in [-0.15, -0.1) is 15.3 Å². The van der Waals surface area contributed by atoms with Crippen LogP contribution in [0.5, 0.6) is 0 Å². The van der Waals surface area contributed by atoms with Crippen molar-refractivity contribution in [3.8, 4) is 0 Å². The first-order valence-electron chi connectivity index (χ1n) is 3.33. The standard InChI is InChI=1S/C6H5Br2N3O3/c7-4-1-2-6(5(8)3-4)10(9)14-11(12)13/h1-3H,9H2. The molecule has 0 heterocycles. The predicted octanol–water partition coefficient (Wildman–Crippen LogP) is 2.01. The largest absolute Gasteiger partial charge is 0.318 e. The Hall–Kier alpha value is -0.860. The number of halogens is 2. The minimum absolute atomic E-state index is 0.352. The second kappa shape index (κ2) is 4.58. The van der Waals surface area contributed by atoms with E-state index < -0.39 is 5.09 Å². The van der Waals surface area contributed by atoms with Gasteiger partial charge in [0.2, 0.25) is 0 Å². The van der Waals surface area contributed by atoms with Gasteiger partial charge in [0.05, 0.1) is 5.69 Å². The summed E-state index contributed by atoms with van der Waals surface area (Å²) in [5.41, 5.74) is 0.352. The lowest BCUT2D eigenvalue weighted by Gasteiger charge is -2.15. The van der Waals surface area contributed by atoms with Crippen LogP contribution in [0.1, 0.15) is 0 Å². The molecule has 1 aromatic carbocycles. The Morgan fingerprint density at radius 3 is 2.64 bits per heavy atom. The molecule has 0 spiro atoms. The summed E-state index contributed by atoms with van der Waals surface area (Å²) in [7, 11) is 0. The third-order valence-electron chi connectivity index (χ3n) is 1.30. The summed E-state index contributed by atoms with van der Waals surface area (Å²) in [6.07, 6.45) is 0. The topological polar surface area (TPSA) is 81.6 Å². The van der Waals surface area contributed by atoms with Gasteiger partial charge in [-0.25, -0.2) is 5.84 Å². The number of benzene rings is 1. The molecule has 0 saturated heterocycles. The second-order valence-corrected chi connectivity index (χ2v) is 4.00. The maximum Gasteiger partial charge on any atom is 0.318 e. The zero-order chi connectivity index (χ0) is 10.7. The Balaban J connectivity index is 2.90. The molecule has 2 N–H and O–H groups in total. The third-order valence-corrected chi connectivity index (χ3v) is 2.43. The first-order chi connectivity index (χ1) is 6.50. The number of anilines is 1. The van der Waals surface area contributed by atoms with E-state index in [1.807, 2.05) is 0 Å². The van der Waals surface area contributed by atoms with E-state index in [2.05, 4.69) is 36.8 Å². The fourth-order valence-corrected chi connectivity index (χ4v) is 2.00. The molecule has 0 unspecified atom stereocenters. The molecule has 6 nitrogen and oxygen atoms in total. The monoisotopic (exact) mass is 325 g/mol. The molecule has 14 heavy (non-hydrogen) atoms. The van der Waals surface area contributed by atoms with E-state index in [4.69, 9.17) is 5.84 Å². The van der Waals surface area contributed by atoms with Crippen LogP contribution in [0.3, 0.4) is 0 Å². The maximum absolute atomic E-state index is 10.00. The normalized spacial score (nSPS) is 9.64. The van der Waals surface area contributed by atoms with Gasteiger partial charge in [0.1, 0.15) is 0 Å². The summed E-state index contributed by atoms with van der Waals surface area (Å²) in [5.74, 6) is 5.27.